The van der Waals surface area contributed by atoms with Gasteiger partial charge in [0.25, 0.3) is 0 Å². The second kappa shape index (κ2) is 11.4. The Labute approximate surface area is 218 Å². The number of aromatic nitrogens is 3. The maximum absolute atomic E-state index is 13.9. The van der Waals surface area contributed by atoms with Crippen LogP contribution in [0.25, 0.3) is 11.0 Å². The highest BCUT2D eigenvalue weighted by atomic mass is 32.2. The number of aryl methyl sites for hydroxylation is 1. The molecule has 0 bridgehead atoms. The molecule has 1 atom stereocenters. The SMILES string of the molecule is COc1ccc(CN([C@H](CO)CC(C)C)S(=O)(=O)c2ccc(Cc3nccc4[nH]c(C)nc34)cc2)cc1. The summed E-state index contributed by atoms with van der Waals surface area (Å²) in [4.78, 5) is 12.4. The molecule has 0 saturated carbocycles. The highest BCUT2D eigenvalue weighted by Gasteiger charge is 2.32. The predicted molar refractivity (Wildman–Crippen MR) is 144 cm³/mol. The Bertz CT molecular complexity index is 1430. The largest absolute Gasteiger partial charge is 0.497 e. The van der Waals surface area contributed by atoms with Gasteiger partial charge in [0.1, 0.15) is 17.1 Å². The first kappa shape index (κ1) is 26.8. The number of methoxy groups -OCH3 is 1. The Kier molecular flexibility index (Phi) is 8.26. The first-order valence-corrected chi connectivity index (χ1v) is 13.8. The number of aromatic amines is 1. The van der Waals surface area contributed by atoms with Crippen LogP contribution in [0.2, 0.25) is 0 Å². The van der Waals surface area contributed by atoms with Gasteiger partial charge in [-0.2, -0.15) is 4.31 Å². The molecule has 4 rings (SSSR count). The number of aliphatic hydroxyl groups excluding tert-OH is 1. The van der Waals surface area contributed by atoms with Crippen LogP contribution in [0.4, 0.5) is 0 Å². The highest BCUT2D eigenvalue weighted by Crippen LogP contribution is 2.26. The molecule has 0 spiro atoms. The molecule has 0 radical (unpaired) electrons. The summed E-state index contributed by atoms with van der Waals surface area (Å²) < 4.78 is 34.3. The lowest BCUT2D eigenvalue weighted by molar-refractivity contribution is 0.164. The van der Waals surface area contributed by atoms with E-state index in [0.717, 1.165) is 33.7 Å². The number of ether oxygens (including phenoxy) is 1. The normalized spacial score (nSPS) is 12.9. The minimum atomic E-state index is -3.88. The van der Waals surface area contributed by atoms with Crippen LogP contribution >= 0.6 is 0 Å². The average molecular weight is 523 g/mol. The molecule has 0 aliphatic rings. The van der Waals surface area contributed by atoms with Gasteiger partial charge in [-0.25, -0.2) is 13.4 Å². The standard InChI is InChI=1S/C28H34N4O4S/c1-19(2)15-23(18-33)32(17-22-5-9-24(36-4)10-6-22)37(34,35)25-11-7-21(8-12-25)16-27-28-26(13-14-29-27)30-20(3)31-28/h5-14,19,23,33H,15-18H2,1-4H3,(H,30,31)/t23-/m0/s1. The van der Waals surface area contributed by atoms with Crippen molar-refractivity contribution in [1.29, 1.82) is 0 Å². The molecule has 0 saturated heterocycles. The summed E-state index contributed by atoms with van der Waals surface area (Å²) in [5.41, 5.74) is 4.33. The zero-order valence-corrected chi connectivity index (χ0v) is 22.5. The number of hydrogen-bond acceptors (Lipinski definition) is 6. The van der Waals surface area contributed by atoms with Gasteiger partial charge in [-0.05, 0) is 60.7 Å². The van der Waals surface area contributed by atoms with Crippen LogP contribution in [0.3, 0.4) is 0 Å². The number of pyridine rings is 1. The van der Waals surface area contributed by atoms with Crippen LogP contribution in [-0.4, -0.2) is 52.5 Å². The van der Waals surface area contributed by atoms with Crippen LogP contribution in [0, 0.1) is 12.8 Å². The van der Waals surface area contributed by atoms with Crippen molar-refractivity contribution < 1.29 is 18.3 Å². The van der Waals surface area contributed by atoms with E-state index in [-0.39, 0.29) is 24.0 Å². The van der Waals surface area contributed by atoms with Crippen molar-refractivity contribution in [3.05, 3.63) is 83.4 Å². The molecule has 2 aromatic heterocycles. The van der Waals surface area contributed by atoms with Crippen LogP contribution in [0.15, 0.2) is 65.7 Å². The van der Waals surface area contributed by atoms with Gasteiger partial charge in [0, 0.05) is 25.2 Å². The molecule has 2 N–H and O–H groups in total. The number of sulfonamides is 1. The molecule has 4 aromatic rings. The molecule has 196 valence electrons. The Morgan fingerprint density at radius 2 is 1.70 bits per heavy atom. The number of rotatable bonds is 11. The Balaban J connectivity index is 1.62. The third-order valence-corrected chi connectivity index (χ3v) is 8.27. The summed E-state index contributed by atoms with van der Waals surface area (Å²) >= 11 is 0. The van der Waals surface area contributed by atoms with E-state index in [0.29, 0.717) is 18.6 Å². The number of H-pyrrole nitrogens is 1. The van der Waals surface area contributed by atoms with E-state index in [2.05, 4.69) is 15.0 Å². The van der Waals surface area contributed by atoms with E-state index in [1.165, 1.54) is 4.31 Å². The van der Waals surface area contributed by atoms with E-state index < -0.39 is 16.1 Å². The molecule has 2 heterocycles. The highest BCUT2D eigenvalue weighted by molar-refractivity contribution is 7.89. The van der Waals surface area contributed by atoms with Crippen molar-refractivity contribution >= 4 is 21.1 Å². The van der Waals surface area contributed by atoms with Crippen molar-refractivity contribution in [3.63, 3.8) is 0 Å². The maximum atomic E-state index is 13.9. The summed E-state index contributed by atoms with van der Waals surface area (Å²) in [5, 5.41) is 10.2. The van der Waals surface area contributed by atoms with Gasteiger partial charge in [-0.3, -0.25) is 4.98 Å². The second-order valence-corrected chi connectivity index (χ2v) is 11.6. The van der Waals surface area contributed by atoms with Gasteiger partial charge in [0.15, 0.2) is 0 Å². The van der Waals surface area contributed by atoms with Crippen LogP contribution in [0.1, 0.15) is 42.9 Å². The first-order valence-electron chi connectivity index (χ1n) is 12.4. The fourth-order valence-corrected chi connectivity index (χ4v) is 6.11. The van der Waals surface area contributed by atoms with Gasteiger partial charge in [0.2, 0.25) is 10.0 Å². The molecule has 0 fully saturated rings. The number of fused-ring (bicyclic) bond motifs is 1. The smallest absolute Gasteiger partial charge is 0.243 e. The number of imidazole rings is 1. The Morgan fingerprint density at radius 3 is 2.32 bits per heavy atom. The molecule has 37 heavy (non-hydrogen) atoms. The number of nitrogens with zero attached hydrogens (tertiary/aromatic N) is 3. The molecule has 9 heteroatoms. The van der Waals surface area contributed by atoms with E-state index in [1.807, 2.05) is 51.1 Å². The predicted octanol–water partition coefficient (Wildman–Crippen LogP) is 4.46. The third-order valence-electron chi connectivity index (χ3n) is 6.36. The maximum Gasteiger partial charge on any atom is 0.243 e. The zero-order chi connectivity index (χ0) is 26.6. The molecular formula is C28H34N4O4S. The van der Waals surface area contributed by atoms with Gasteiger partial charge in [0.05, 0.1) is 29.8 Å². The fraction of sp³-hybridized carbons (Fsp3) is 0.357. The van der Waals surface area contributed by atoms with Crippen molar-refractivity contribution in [3.8, 4) is 5.75 Å². The summed E-state index contributed by atoms with van der Waals surface area (Å²) in [6.07, 6.45) is 2.82. The number of nitrogens with one attached hydrogen (secondary N) is 1. The van der Waals surface area contributed by atoms with Gasteiger partial charge in [-0.1, -0.05) is 38.1 Å². The molecular weight excluding hydrogens is 488 g/mol. The monoisotopic (exact) mass is 522 g/mol. The Hall–Kier alpha value is -3.27. The van der Waals surface area contributed by atoms with Crippen LogP contribution in [-0.2, 0) is 23.0 Å². The zero-order valence-electron chi connectivity index (χ0n) is 21.7. The molecule has 2 aromatic carbocycles. The lowest BCUT2D eigenvalue weighted by atomic mass is 10.0. The molecule has 0 aliphatic heterocycles. The second-order valence-electron chi connectivity index (χ2n) is 9.66. The number of hydrogen-bond donors (Lipinski definition) is 2. The van der Waals surface area contributed by atoms with E-state index >= 15 is 0 Å². The van der Waals surface area contributed by atoms with Gasteiger partial charge < -0.3 is 14.8 Å². The van der Waals surface area contributed by atoms with E-state index in [9.17, 15) is 13.5 Å². The fourth-order valence-electron chi connectivity index (χ4n) is 4.50. The van der Waals surface area contributed by atoms with Crippen molar-refractivity contribution in [2.24, 2.45) is 5.92 Å². The average Bonchev–Trinajstić information content (AvgIpc) is 3.28. The number of aliphatic hydroxyl groups is 1. The summed E-state index contributed by atoms with van der Waals surface area (Å²) in [6, 6.07) is 15.5. The lowest BCUT2D eigenvalue weighted by Crippen LogP contribution is -2.42. The van der Waals surface area contributed by atoms with E-state index in [1.54, 1.807) is 37.6 Å². The van der Waals surface area contributed by atoms with Crippen LogP contribution < -0.4 is 4.74 Å². The quantitative estimate of drug-likeness (QED) is 0.301. The molecule has 0 aliphatic carbocycles. The van der Waals surface area contributed by atoms with Gasteiger partial charge >= 0.3 is 0 Å². The van der Waals surface area contributed by atoms with Crippen molar-refractivity contribution in [2.75, 3.05) is 13.7 Å². The van der Waals surface area contributed by atoms with Gasteiger partial charge in [-0.15, -0.1) is 0 Å². The molecule has 0 unspecified atom stereocenters. The summed E-state index contributed by atoms with van der Waals surface area (Å²) in [5.74, 6) is 1.74. The van der Waals surface area contributed by atoms with Crippen molar-refractivity contribution in [1.82, 2.24) is 19.3 Å². The minimum Gasteiger partial charge on any atom is -0.497 e. The van der Waals surface area contributed by atoms with Crippen LogP contribution in [0.5, 0.6) is 5.75 Å². The number of benzene rings is 2. The Morgan fingerprint density at radius 1 is 1.03 bits per heavy atom. The van der Waals surface area contributed by atoms with E-state index in [4.69, 9.17) is 4.74 Å². The topological polar surface area (TPSA) is 108 Å². The first-order chi connectivity index (χ1) is 17.7. The molecule has 0 amide bonds. The summed E-state index contributed by atoms with van der Waals surface area (Å²) in [7, 11) is -2.29. The third kappa shape index (κ3) is 6.18. The summed E-state index contributed by atoms with van der Waals surface area (Å²) in [6.45, 7) is 5.83. The molecule has 8 nitrogen and oxygen atoms in total. The minimum absolute atomic E-state index is 0.149. The lowest BCUT2D eigenvalue weighted by Gasteiger charge is -2.31. The van der Waals surface area contributed by atoms with Crippen molar-refractivity contribution in [2.45, 2.75) is 51.1 Å².